The molecule has 1 saturated heterocycles. The number of amides is 3. The van der Waals surface area contributed by atoms with Gasteiger partial charge in [0.2, 0.25) is 17.7 Å². The molecule has 1 heterocycles. The molecule has 9 heteroatoms. The van der Waals surface area contributed by atoms with E-state index in [2.05, 4.69) is 5.32 Å². The summed E-state index contributed by atoms with van der Waals surface area (Å²) in [5, 5.41) is 2.92. The lowest BCUT2D eigenvalue weighted by Gasteiger charge is -2.44. The van der Waals surface area contributed by atoms with Gasteiger partial charge in [-0.1, -0.05) is 29.8 Å². The van der Waals surface area contributed by atoms with Crippen molar-refractivity contribution in [2.75, 3.05) is 33.7 Å². The SMILES string of the molecule is CCN(C(=O)[C@@H]1CCN1C(=O)[C@H](C)NC)C(Cc1ccc(C)cc1)C(=O)N(C)CC(=O)OC(C)(C)C. The van der Waals surface area contributed by atoms with E-state index in [-0.39, 0.29) is 24.3 Å². The molecule has 3 amide bonds. The zero-order chi connectivity index (χ0) is 27.2. The Kier molecular flexibility index (Phi) is 10.0. The normalized spacial score (nSPS) is 17.0. The van der Waals surface area contributed by atoms with Crippen molar-refractivity contribution in [1.29, 1.82) is 0 Å². The summed E-state index contributed by atoms with van der Waals surface area (Å²) < 4.78 is 5.38. The quantitative estimate of drug-likeness (QED) is 0.490. The Morgan fingerprint density at radius 1 is 1.17 bits per heavy atom. The highest BCUT2D eigenvalue weighted by molar-refractivity contribution is 5.95. The molecule has 1 aliphatic heterocycles. The molecule has 2 rings (SSSR count). The number of nitrogens with one attached hydrogen (secondary N) is 1. The fourth-order valence-corrected chi connectivity index (χ4v) is 4.18. The van der Waals surface area contributed by atoms with Gasteiger partial charge in [0.1, 0.15) is 24.2 Å². The minimum absolute atomic E-state index is 0.137. The standard InChI is InChI=1S/C27H42N4O5/c1-9-30(26(35)21-14-15-31(21)24(33)19(3)28-7)22(16-20-12-10-18(2)11-13-20)25(34)29(8)17-23(32)36-27(4,5)6/h10-13,19,21-22,28H,9,14-17H2,1-8H3/t19-,21-,22?/m0/s1. The summed E-state index contributed by atoms with van der Waals surface area (Å²) >= 11 is 0. The van der Waals surface area contributed by atoms with Crippen molar-refractivity contribution < 1.29 is 23.9 Å². The lowest BCUT2D eigenvalue weighted by Crippen LogP contribution is -2.64. The molecule has 1 fully saturated rings. The molecule has 200 valence electrons. The number of carbonyl (C=O) groups is 4. The Balaban J connectivity index is 2.30. The zero-order valence-electron chi connectivity index (χ0n) is 23.0. The van der Waals surface area contributed by atoms with Crippen LogP contribution in [0, 0.1) is 6.92 Å². The summed E-state index contributed by atoms with van der Waals surface area (Å²) in [7, 11) is 3.24. The third kappa shape index (κ3) is 7.53. The molecule has 0 saturated carbocycles. The van der Waals surface area contributed by atoms with Crippen LogP contribution in [-0.2, 0) is 30.3 Å². The number of aryl methyl sites for hydroxylation is 1. The maximum absolute atomic E-state index is 13.7. The number of benzene rings is 1. The van der Waals surface area contributed by atoms with Crippen LogP contribution in [-0.4, -0.2) is 95.8 Å². The molecular formula is C27H42N4O5. The zero-order valence-corrected chi connectivity index (χ0v) is 23.0. The summed E-state index contributed by atoms with van der Waals surface area (Å²) in [5.74, 6) is -1.26. The van der Waals surface area contributed by atoms with E-state index >= 15 is 0 Å². The van der Waals surface area contributed by atoms with Gasteiger partial charge in [-0.3, -0.25) is 19.2 Å². The first-order chi connectivity index (χ1) is 16.8. The molecule has 1 aliphatic rings. The van der Waals surface area contributed by atoms with Crippen LogP contribution in [0.1, 0.15) is 52.2 Å². The highest BCUT2D eigenvalue weighted by atomic mass is 16.6. The number of rotatable bonds is 10. The van der Waals surface area contributed by atoms with Gasteiger partial charge in [0.15, 0.2) is 0 Å². The second-order valence-electron chi connectivity index (χ2n) is 10.5. The summed E-state index contributed by atoms with van der Waals surface area (Å²) in [6, 6.07) is 5.98. The van der Waals surface area contributed by atoms with Gasteiger partial charge in [0.05, 0.1) is 6.04 Å². The summed E-state index contributed by atoms with van der Waals surface area (Å²) in [5.41, 5.74) is 1.33. The first-order valence-corrected chi connectivity index (χ1v) is 12.6. The van der Waals surface area contributed by atoms with E-state index in [1.807, 2.05) is 38.1 Å². The van der Waals surface area contributed by atoms with Crippen LogP contribution in [0.2, 0.25) is 0 Å². The van der Waals surface area contributed by atoms with Crippen molar-refractivity contribution in [1.82, 2.24) is 20.0 Å². The van der Waals surface area contributed by atoms with Gasteiger partial charge in [-0.05, 0) is 60.6 Å². The van der Waals surface area contributed by atoms with Gasteiger partial charge >= 0.3 is 5.97 Å². The fraction of sp³-hybridized carbons (Fsp3) is 0.630. The topological polar surface area (TPSA) is 99.3 Å². The lowest BCUT2D eigenvalue weighted by molar-refractivity contribution is -0.161. The van der Waals surface area contributed by atoms with Crippen molar-refractivity contribution in [3.05, 3.63) is 35.4 Å². The van der Waals surface area contributed by atoms with Crippen LogP contribution >= 0.6 is 0 Å². The van der Waals surface area contributed by atoms with Gasteiger partial charge in [0.25, 0.3) is 0 Å². The van der Waals surface area contributed by atoms with Crippen LogP contribution < -0.4 is 5.32 Å². The van der Waals surface area contributed by atoms with E-state index in [0.29, 0.717) is 25.9 Å². The number of hydrogen-bond donors (Lipinski definition) is 1. The van der Waals surface area contributed by atoms with Crippen LogP contribution in [0.5, 0.6) is 0 Å². The lowest BCUT2D eigenvalue weighted by atomic mass is 9.97. The predicted octanol–water partition coefficient (Wildman–Crippen LogP) is 1.76. The highest BCUT2D eigenvalue weighted by Crippen LogP contribution is 2.23. The molecule has 0 aliphatic carbocycles. The Hall–Kier alpha value is -2.94. The fourth-order valence-electron chi connectivity index (χ4n) is 4.18. The monoisotopic (exact) mass is 502 g/mol. The van der Waals surface area contributed by atoms with E-state index in [1.54, 1.807) is 51.6 Å². The summed E-state index contributed by atoms with van der Waals surface area (Å²) in [6.07, 6.45) is 0.849. The molecule has 1 unspecified atom stereocenters. The van der Waals surface area contributed by atoms with Crippen molar-refractivity contribution in [2.45, 2.75) is 78.1 Å². The molecule has 1 aromatic carbocycles. The number of esters is 1. The van der Waals surface area contributed by atoms with E-state index < -0.39 is 29.7 Å². The van der Waals surface area contributed by atoms with Crippen molar-refractivity contribution in [3.63, 3.8) is 0 Å². The second kappa shape index (κ2) is 12.3. The molecule has 0 bridgehead atoms. The molecule has 1 aromatic rings. The van der Waals surface area contributed by atoms with Gasteiger partial charge < -0.3 is 24.8 Å². The predicted molar refractivity (Wildman–Crippen MR) is 138 cm³/mol. The Morgan fingerprint density at radius 2 is 1.78 bits per heavy atom. The number of likely N-dealkylation sites (tertiary alicyclic amines) is 1. The summed E-state index contributed by atoms with van der Waals surface area (Å²) in [4.78, 5) is 56.9. The summed E-state index contributed by atoms with van der Waals surface area (Å²) in [6.45, 7) is 11.4. The number of nitrogens with zero attached hydrogens (tertiary/aromatic N) is 3. The first-order valence-electron chi connectivity index (χ1n) is 12.6. The Morgan fingerprint density at radius 3 is 2.25 bits per heavy atom. The Bertz CT molecular complexity index is 940. The third-order valence-electron chi connectivity index (χ3n) is 6.39. The minimum atomic E-state index is -0.822. The number of carbonyl (C=O) groups excluding carboxylic acids is 4. The molecule has 0 spiro atoms. The molecular weight excluding hydrogens is 460 g/mol. The maximum Gasteiger partial charge on any atom is 0.326 e. The van der Waals surface area contributed by atoms with Crippen molar-refractivity contribution in [2.24, 2.45) is 0 Å². The molecule has 3 atom stereocenters. The van der Waals surface area contributed by atoms with Crippen molar-refractivity contribution >= 4 is 23.7 Å². The maximum atomic E-state index is 13.7. The largest absolute Gasteiger partial charge is 0.459 e. The van der Waals surface area contributed by atoms with E-state index in [4.69, 9.17) is 4.74 Å². The van der Waals surface area contributed by atoms with Gasteiger partial charge in [-0.2, -0.15) is 0 Å². The van der Waals surface area contributed by atoms with Gasteiger partial charge in [-0.25, -0.2) is 0 Å². The van der Waals surface area contributed by atoms with E-state index in [0.717, 1.165) is 11.1 Å². The van der Waals surface area contributed by atoms with Gasteiger partial charge in [0, 0.05) is 26.6 Å². The van der Waals surface area contributed by atoms with E-state index in [9.17, 15) is 19.2 Å². The minimum Gasteiger partial charge on any atom is -0.459 e. The average Bonchev–Trinajstić information content (AvgIpc) is 2.76. The average molecular weight is 503 g/mol. The third-order valence-corrected chi connectivity index (χ3v) is 6.39. The number of ether oxygens (including phenoxy) is 1. The molecule has 9 nitrogen and oxygen atoms in total. The molecule has 1 N–H and O–H groups in total. The van der Waals surface area contributed by atoms with Crippen LogP contribution in [0.3, 0.4) is 0 Å². The van der Waals surface area contributed by atoms with Crippen molar-refractivity contribution in [3.8, 4) is 0 Å². The second-order valence-corrected chi connectivity index (χ2v) is 10.5. The molecule has 36 heavy (non-hydrogen) atoms. The number of hydrogen-bond acceptors (Lipinski definition) is 6. The van der Waals surface area contributed by atoms with Crippen LogP contribution in [0.25, 0.3) is 0 Å². The highest BCUT2D eigenvalue weighted by Gasteiger charge is 2.43. The van der Waals surface area contributed by atoms with Gasteiger partial charge in [-0.15, -0.1) is 0 Å². The van der Waals surface area contributed by atoms with E-state index in [1.165, 1.54) is 4.90 Å². The first kappa shape index (κ1) is 29.3. The number of likely N-dealkylation sites (N-methyl/N-ethyl adjacent to an activating group) is 3. The smallest absolute Gasteiger partial charge is 0.326 e. The van der Waals surface area contributed by atoms with Crippen LogP contribution in [0.4, 0.5) is 0 Å². The van der Waals surface area contributed by atoms with Crippen LogP contribution in [0.15, 0.2) is 24.3 Å². The Labute approximate surface area is 215 Å². The molecule has 0 aromatic heterocycles. The molecule has 0 radical (unpaired) electrons.